The van der Waals surface area contributed by atoms with Gasteiger partial charge in [0.25, 0.3) is 0 Å². The molecule has 0 aliphatic heterocycles. The fourth-order valence-electron chi connectivity index (χ4n) is 2.01. The first-order valence-electron chi connectivity index (χ1n) is 6.02. The standard InChI is InChI=1S/C15H12N4/c16-8-11-4-6-12(7-5-11)9-17-14-3-1-2-13-10-18-19-15(13)14/h1-7,10,17H,9H2,(H,18,19). The van der Waals surface area contributed by atoms with Crippen molar-refractivity contribution in [1.29, 1.82) is 5.26 Å². The van der Waals surface area contributed by atoms with E-state index in [2.05, 4.69) is 21.6 Å². The average Bonchev–Trinajstić information content (AvgIpc) is 2.94. The van der Waals surface area contributed by atoms with E-state index in [1.807, 2.05) is 48.7 Å². The van der Waals surface area contributed by atoms with Crippen LogP contribution < -0.4 is 5.32 Å². The lowest BCUT2D eigenvalue weighted by Crippen LogP contribution is -1.99. The molecular weight excluding hydrogens is 236 g/mol. The van der Waals surface area contributed by atoms with Crippen molar-refractivity contribution in [3.63, 3.8) is 0 Å². The van der Waals surface area contributed by atoms with E-state index in [4.69, 9.17) is 5.26 Å². The van der Waals surface area contributed by atoms with Gasteiger partial charge < -0.3 is 5.32 Å². The van der Waals surface area contributed by atoms with Gasteiger partial charge in [-0.05, 0) is 23.8 Å². The van der Waals surface area contributed by atoms with Crippen molar-refractivity contribution in [3.05, 3.63) is 59.8 Å². The number of H-pyrrole nitrogens is 1. The Labute approximate surface area is 110 Å². The molecule has 2 aromatic carbocycles. The molecule has 0 fully saturated rings. The van der Waals surface area contributed by atoms with Crippen LogP contribution in [-0.4, -0.2) is 10.2 Å². The zero-order chi connectivity index (χ0) is 13.1. The van der Waals surface area contributed by atoms with Crippen molar-refractivity contribution in [2.45, 2.75) is 6.54 Å². The maximum absolute atomic E-state index is 8.75. The summed E-state index contributed by atoms with van der Waals surface area (Å²) in [5, 5.41) is 20.2. The Balaban J connectivity index is 1.78. The van der Waals surface area contributed by atoms with Crippen molar-refractivity contribution < 1.29 is 0 Å². The van der Waals surface area contributed by atoms with Gasteiger partial charge in [-0.15, -0.1) is 0 Å². The Bertz CT molecular complexity index is 735. The van der Waals surface area contributed by atoms with Crippen LogP contribution in [0.1, 0.15) is 11.1 Å². The number of nitriles is 1. The average molecular weight is 248 g/mol. The number of anilines is 1. The molecule has 0 aliphatic rings. The van der Waals surface area contributed by atoms with Crippen molar-refractivity contribution in [2.24, 2.45) is 0 Å². The maximum Gasteiger partial charge on any atom is 0.0991 e. The Morgan fingerprint density at radius 3 is 2.79 bits per heavy atom. The highest BCUT2D eigenvalue weighted by Crippen LogP contribution is 2.21. The second kappa shape index (κ2) is 4.83. The third-order valence-corrected chi connectivity index (χ3v) is 3.04. The fraction of sp³-hybridized carbons (Fsp3) is 0.0667. The van der Waals surface area contributed by atoms with Gasteiger partial charge in [-0.2, -0.15) is 10.4 Å². The number of aromatic nitrogens is 2. The van der Waals surface area contributed by atoms with Gasteiger partial charge in [-0.1, -0.05) is 24.3 Å². The fourth-order valence-corrected chi connectivity index (χ4v) is 2.01. The van der Waals surface area contributed by atoms with E-state index in [0.29, 0.717) is 12.1 Å². The number of benzene rings is 2. The Morgan fingerprint density at radius 1 is 1.16 bits per heavy atom. The summed E-state index contributed by atoms with van der Waals surface area (Å²) in [7, 11) is 0. The lowest BCUT2D eigenvalue weighted by atomic mass is 10.1. The first-order chi connectivity index (χ1) is 9.36. The molecule has 0 radical (unpaired) electrons. The SMILES string of the molecule is N#Cc1ccc(CNc2cccc3cn[nH]c23)cc1. The second-order valence-corrected chi connectivity index (χ2v) is 4.30. The van der Waals surface area contributed by atoms with E-state index in [1.54, 1.807) is 0 Å². The minimum Gasteiger partial charge on any atom is -0.379 e. The first kappa shape index (κ1) is 11.3. The van der Waals surface area contributed by atoms with Gasteiger partial charge in [0.15, 0.2) is 0 Å². The molecule has 1 heterocycles. The zero-order valence-electron chi connectivity index (χ0n) is 10.2. The van der Waals surface area contributed by atoms with Crippen LogP contribution in [0.4, 0.5) is 5.69 Å². The van der Waals surface area contributed by atoms with Gasteiger partial charge in [0.1, 0.15) is 0 Å². The van der Waals surface area contributed by atoms with Crippen molar-refractivity contribution in [2.75, 3.05) is 5.32 Å². The van der Waals surface area contributed by atoms with E-state index < -0.39 is 0 Å². The topological polar surface area (TPSA) is 64.5 Å². The highest BCUT2D eigenvalue weighted by atomic mass is 15.1. The maximum atomic E-state index is 8.75. The first-order valence-corrected chi connectivity index (χ1v) is 6.02. The van der Waals surface area contributed by atoms with E-state index in [1.165, 1.54) is 0 Å². The predicted octanol–water partition coefficient (Wildman–Crippen LogP) is 3.05. The van der Waals surface area contributed by atoms with E-state index in [9.17, 15) is 0 Å². The van der Waals surface area contributed by atoms with E-state index in [-0.39, 0.29) is 0 Å². The summed E-state index contributed by atoms with van der Waals surface area (Å²) in [5.41, 5.74) is 3.85. The van der Waals surface area contributed by atoms with Crippen LogP contribution >= 0.6 is 0 Å². The van der Waals surface area contributed by atoms with Crippen molar-refractivity contribution >= 4 is 16.6 Å². The summed E-state index contributed by atoms with van der Waals surface area (Å²) >= 11 is 0. The molecule has 0 saturated carbocycles. The summed E-state index contributed by atoms with van der Waals surface area (Å²) < 4.78 is 0. The summed E-state index contributed by atoms with van der Waals surface area (Å²) in [6, 6.07) is 15.7. The van der Waals surface area contributed by atoms with Crippen molar-refractivity contribution in [1.82, 2.24) is 10.2 Å². The highest BCUT2D eigenvalue weighted by Gasteiger charge is 2.02. The van der Waals surface area contributed by atoms with Gasteiger partial charge >= 0.3 is 0 Å². The molecule has 0 aliphatic carbocycles. The molecule has 0 spiro atoms. The van der Waals surface area contributed by atoms with Gasteiger partial charge in [-0.3, -0.25) is 5.10 Å². The number of nitrogens with one attached hydrogen (secondary N) is 2. The molecule has 1 aromatic heterocycles. The zero-order valence-corrected chi connectivity index (χ0v) is 10.2. The number of hydrogen-bond acceptors (Lipinski definition) is 3. The molecule has 4 heteroatoms. The minimum absolute atomic E-state index is 0.680. The normalized spacial score (nSPS) is 10.3. The van der Waals surface area contributed by atoms with Crippen LogP contribution in [-0.2, 0) is 6.54 Å². The van der Waals surface area contributed by atoms with Crippen LogP contribution in [0.15, 0.2) is 48.7 Å². The lowest BCUT2D eigenvalue weighted by Gasteiger charge is -2.07. The molecule has 3 aromatic rings. The molecule has 2 N–H and O–H groups in total. The summed E-state index contributed by atoms with van der Waals surface area (Å²) in [5.74, 6) is 0. The largest absolute Gasteiger partial charge is 0.379 e. The lowest BCUT2D eigenvalue weighted by molar-refractivity contribution is 1.11. The van der Waals surface area contributed by atoms with Gasteiger partial charge in [0.05, 0.1) is 29.0 Å². The molecule has 92 valence electrons. The van der Waals surface area contributed by atoms with Crippen LogP contribution in [0, 0.1) is 11.3 Å². The molecule has 0 saturated heterocycles. The van der Waals surface area contributed by atoms with E-state index in [0.717, 1.165) is 22.2 Å². The number of nitrogens with zero attached hydrogens (tertiary/aromatic N) is 2. The van der Waals surface area contributed by atoms with Crippen LogP contribution in [0.3, 0.4) is 0 Å². The molecule has 0 amide bonds. The third kappa shape index (κ3) is 2.26. The van der Waals surface area contributed by atoms with Crippen molar-refractivity contribution in [3.8, 4) is 6.07 Å². The molecule has 0 unspecified atom stereocenters. The molecule has 4 nitrogen and oxygen atoms in total. The monoisotopic (exact) mass is 248 g/mol. The third-order valence-electron chi connectivity index (χ3n) is 3.04. The van der Waals surface area contributed by atoms with Gasteiger partial charge in [0.2, 0.25) is 0 Å². The number of hydrogen-bond donors (Lipinski definition) is 2. The summed E-state index contributed by atoms with van der Waals surface area (Å²) in [4.78, 5) is 0. The molecule has 0 atom stereocenters. The second-order valence-electron chi connectivity index (χ2n) is 4.30. The molecule has 3 rings (SSSR count). The highest BCUT2D eigenvalue weighted by molar-refractivity contribution is 5.89. The summed E-state index contributed by atoms with van der Waals surface area (Å²) in [6.45, 7) is 0.712. The molecular formula is C15H12N4. The van der Waals surface area contributed by atoms with Gasteiger partial charge in [0, 0.05) is 11.9 Å². The van der Waals surface area contributed by atoms with E-state index >= 15 is 0 Å². The molecule has 19 heavy (non-hydrogen) atoms. The number of aromatic amines is 1. The number of para-hydroxylation sites is 1. The predicted molar refractivity (Wildman–Crippen MR) is 74.6 cm³/mol. The smallest absolute Gasteiger partial charge is 0.0991 e. The Kier molecular flexibility index (Phi) is 2.87. The number of rotatable bonds is 3. The minimum atomic E-state index is 0.680. The number of fused-ring (bicyclic) bond motifs is 1. The Morgan fingerprint density at radius 2 is 2.00 bits per heavy atom. The molecule has 0 bridgehead atoms. The Hall–Kier alpha value is -2.80. The van der Waals surface area contributed by atoms with Crippen LogP contribution in [0.25, 0.3) is 10.9 Å². The van der Waals surface area contributed by atoms with Crippen LogP contribution in [0.2, 0.25) is 0 Å². The summed E-state index contributed by atoms with van der Waals surface area (Å²) in [6.07, 6.45) is 1.81. The quantitative estimate of drug-likeness (QED) is 0.748. The van der Waals surface area contributed by atoms with Gasteiger partial charge in [-0.25, -0.2) is 0 Å². The van der Waals surface area contributed by atoms with Crippen LogP contribution in [0.5, 0.6) is 0 Å².